The van der Waals surface area contributed by atoms with Crippen molar-refractivity contribution in [2.24, 2.45) is 5.73 Å². The average Bonchev–Trinajstić information content (AvgIpc) is 2.05. The largest absolute Gasteiger partial charge is 0.330 e. The van der Waals surface area contributed by atoms with Gasteiger partial charge in [-0.25, -0.2) is 0 Å². The molecule has 72 valence electrons. The molecule has 0 saturated carbocycles. The number of aromatic nitrogens is 1. The van der Waals surface area contributed by atoms with E-state index in [1.54, 1.807) is 0 Å². The average molecular weight is 243 g/mol. The van der Waals surface area contributed by atoms with E-state index >= 15 is 0 Å². The summed E-state index contributed by atoms with van der Waals surface area (Å²) < 4.78 is 1.01. The minimum Gasteiger partial charge on any atom is -0.330 e. The Labute approximate surface area is 87.7 Å². The zero-order chi connectivity index (χ0) is 9.90. The van der Waals surface area contributed by atoms with Gasteiger partial charge in [-0.3, -0.25) is 4.98 Å². The zero-order valence-corrected chi connectivity index (χ0v) is 9.63. The molecule has 0 aliphatic heterocycles. The van der Waals surface area contributed by atoms with E-state index in [4.69, 9.17) is 5.73 Å². The molecule has 0 bridgehead atoms. The fourth-order valence-corrected chi connectivity index (χ4v) is 1.50. The molecule has 0 atom stereocenters. The van der Waals surface area contributed by atoms with Crippen LogP contribution in [0, 0.1) is 0 Å². The Morgan fingerprint density at radius 3 is 2.62 bits per heavy atom. The van der Waals surface area contributed by atoms with Crippen LogP contribution in [0.3, 0.4) is 0 Å². The quantitative estimate of drug-likeness (QED) is 0.885. The molecule has 1 aromatic heterocycles. The van der Waals surface area contributed by atoms with E-state index in [-0.39, 0.29) is 5.41 Å². The molecule has 0 aliphatic carbocycles. The number of pyridine rings is 1. The molecule has 1 heterocycles. The van der Waals surface area contributed by atoms with Crippen molar-refractivity contribution < 1.29 is 0 Å². The Balaban J connectivity index is 2.87. The second-order valence-electron chi connectivity index (χ2n) is 3.78. The van der Waals surface area contributed by atoms with Crippen molar-refractivity contribution in [3.8, 4) is 0 Å². The topological polar surface area (TPSA) is 38.9 Å². The van der Waals surface area contributed by atoms with Gasteiger partial charge in [0, 0.05) is 21.8 Å². The smallest absolute Gasteiger partial charge is 0.0461 e. The summed E-state index contributed by atoms with van der Waals surface area (Å²) in [5.41, 5.74) is 6.72. The monoisotopic (exact) mass is 242 g/mol. The molecule has 1 rings (SSSR count). The minimum atomic E-state index is 0.0788. The lowest BCUT2D eigenvalue weighted by molar-refractivity contribution is 0.473. The highest BCUT2D eigenvalue weighted by Crippen LogP contribution is 2.25. The number of hydrogen-bond acceptors (Lipinski definition) is 2. The standard InChI is InChI=1S/C10H15BrN2/c1-10(2,5-6-12)9-4-3-8(11)7-13-9/h3-4,7H,5-6,12H2,1-2H3. The van der Waals surface area contributed by atoms with Crippen LogP contribution in [0.4, 0.5) is 0 Å². The van der Waals surface area contributed by atoms with Gasteiger partial charge in [0.1, 0.15) is 0 Å². The summed E-state index contributed by atoms with van der Waals surface area (Å²) in [4.78, 5) is 4.37. The van der Waals surface area contributed by atoms with Crippen LogP contribution in [0.2, 0.25) is 0 Å². The maximum Gasteiger partial charge on any atom is 0.0461 e. The Morgan fingerprint density at radius 2 is 2.15 bits per heavy atom. The summed E-state index contributed by atoms with van der Waals surface area (Å²) in [6.45, 7) is 5.02. The second kappa shape index (κ2) is 4.20. The summed E-state index contributed by atoms with van der Waals surface area (Å²) in [6.07, 6.45) is 2.79. The van der Waals surface area contributed by atoms with Crippen molar-refractivity contribution in [3.63, 3.8) is 0 Å². The highest BCUT2D eigenvalue weighted by Gasteiger charge is 2.20. The molecule has 2 nitrogen and oxygen atoms in total. The third-order valence-corrected chi connectivity index (χ3v) is 2.66. The maximum atomic E-state index is 5.54. The van der Waals surface area contributed by atoms with Gasteiger partial charge < -0.3 is 5.73 Å². The van der Waals surface area contributed by atoms with Gasteiger partial charge in [0.15, 0.2) is 0 Å². The Kier molecular flexibility index (Phi) is 3.45. The Morgan fingerprint density at radius 1 is 1.46 bits per heavy atom. The van der Waals surface area contributed by atoms with Crippen molar-refractivity contribution >= 4 is 15.9 Å². The van der Waals surface area contributed by atoms with Crippen LogP contribution < -0.4 is 5.73 Å². The molecule has 0 spiro atoms. The summed E-state index contributed by atoms with van der Waals surface area (Å²) in [5.74, 6) is 0. The van der Waals surface area contributed by atoms with Gasteiger partial charge in [-0.15, -0.1) is 0 Å². The third kappa shape index (κ3) is 2.78. The lowest BCUT2D eigenvalue weighted by Crippen LogP contribution is -2.22. The summed E-state index contributed by atoms with van der Waals surface area (Å²) >= 11 is 3.36. The fourth-order valence-electron chi connectivity index (χ4n) is 1.27. The Hall–Kier alpha value is -0.410. The first-order chi connectivity index (χ1) is 6.06. The number of nitrogens with two attached hydrogens (primary N) is 1. The zero-order valence-electron chi connectivity index (χ0n) is 8.05. The van der Waals surface area contributed by atoms with Crippen LogP contribution in [-0.4, -0.2) is 11.5 Å². The van der Waals surface area contributed by atoms with Crippen molar-refractivity contribution in [3.05, 3.63) is 28.5 Å². The molecular formula is C10H15BrN2. The SMILES string of the molecule is CC(C)(CCN)c1ccc(Br)cn1. The van der Waals surface area contributed by atoms with E-state index in [1.165, 1.54) is 0 Å². The predicted octanol–water partition coefficient (Wildman–Crippen LogP) is 2.47. The number of nitrogens with zero attached hydrogens (tertiary/aromatic N) is 1. The van der Waals surface area contributed by atoms with E-state index in [1.807, 2.05) is 18.3 Å². The number of hydrogen-bond donors (Lipinski definition) is 1. The predicted molar refractivity (Wildman–Crippen MR) is 58.6 cm³/mol. The first kappa shape index (κ1) is 10.7. The molecule has 0 aromatic carbocycles. The van der Waals surface area contributed by atoms with Crippen LogP contribution in [0.15, 0.2) is 22.8 Å². The lowest BCUT2D eigenvalue weighted by Gasteiger charge is -2.22. The molecule has 2 N–H and O–H groups in total. The van der Waals surface area contributed by atoms with Crippen LogP contribution in [0.5, 0.6) is 0 Å². The van der Waals surface area contributed by atoms with Gasteiger partial charge in [-0.1, -0.05) is 13.8 Å². The minimum absolute atomic E-state index is 0.0788. The van der Waals surface area contributed by atoms with Crippen molar-refractivity contribution in [2.75, 3.05) is 6.54 Å². The van der Waals surface area contributed by atoms with E-state index in [0.717, 1.165) is 16.6 Å². The van der Waals surface area contributed by atoms with Crippen molar-refractivity contribution in [1.29, 1.82) is 0 Å². The van der Waals surface area contributed by atoms with Gasteiger partial charge >= 0.3 is 0 Å². The summed E-state index contributed by atoms with van der Waals surface area (Å²) in [6, 6.07) is 4.06. The molecular weight excluding hydrogens is 228 g/mol. The van der Waals surface area contributed by atoms with E-state index < -0.39 is 0 Å². The van der Waals surface area contributed by atoms with Crippen molar-refractivity contribution in [1.82, 2.24) is 4.98 Å². The van der Waals surface area contributed by atoms with Gasteiger partial charge in [0.05, 0.1) is 0 Å². The second-order valence-corrected chi connectivity index (χ2v) is 4.70. The first-order valence-corrected chi connectivity index (χ1v) is 5.17. The molecule has 13 heavy (non-hydrogen) atoms. The van der Waals surface area contributed by atoms with Crippen molar-refractivity contribution in [2.45, 2.75) is 25.7 Å². The molecule has 3 heteroatoms. The van der Waals surface area contributed by atoms with Gasteiger partial charge in [-0.05, 0) is 41.0 Å². The number of halogens is 1. The van der Waals surface area contributed by atoms with Gasteiger partial charge in [0.2, 0.25) is 0 Å². The molecule has 1 aromatic rings. The molecule has 0 amide bonds. The lowest BCUT2D eigenvalue weighted by atomic mass is 9.85. The van der Waals surface area contributed by atoms with Crippen LogP contribution in [-0.2, 0) is 5.41 Å². The summed E-state index contributed by atoms with van der Waals surface area (Å²) in [5, 5.41) is 0. The highest BCUT2D eigenvalue weighted by molar-refractivity contribution is 9.10. The Bertz CT molecular complexity index is 267. The molecule has 0 radical (unpaired) electrons. The summed E-state index contributed by atoms with van der Waals surface area (Å²) in [7, 11) is 0. The van der Waals surface area contributed by atoms with Gasteiger partial charge in [-0.2, -0.15) is 0 Å². The molecule has 0 fully saturated rings. The fraction of sp³-hybridized carbons (Fsp3) is 0.500. The third-order valence-electron chi connectivity index (χ3n) is 2.19. The first-order valence-electron chi connectivity index (χ1n) is 4.38. The normalized spacial score (nSPS) is 11.7. The van der Waals surface area contributed by atoms with Crippen LogP contribution >= 0.6 is 15.9 Å². The van der Waals surface area contributed by atoms with Crippen LogP contribution in [0.25, 0.3) is 0 Å². The van der Waals surface area contributed by atoms with E-state index in [9.17, 15) is 0 Å². The van der Waals surface area contributed by atoms with E-state index in [2.05, 4.69) is 34.8 Å². The van der Waals surface area contributed by atoms with E-state index in [0.29, 0.717) is 6.54 Å². The van der Waals surface area contributed by atoms with Crippen LogP contribution in [0.1, 0.15) is 26.0 Å². The number of rotatable bonds is 3. The highest BCUT2D eigenvalue weighted by atomic mass is 79.9. The maximum absolute atomic E-state index is 5.54. The molecule has 0 aliphatic rings. The van der Waals surface area contributed by atoms with Gasteiger partial charge in [0.25, 0.3) is 0 Å². The molecule has 0 unspecified atom stereocenters. The molecule has 0 saturated heterocycles.